The summed E-state index contributed by atoms with van der Waals surface area (Å²) in [5, 5.41) is 15.4. The maximum Gasteiger partial charge on any atom is 0.421 e. The van der Waals surface area contributed by atoms with Gasteiger partial charge in [-0.3, -0.25) is 0 Å². The van der Waals surface area contributed by atoms with Crippen molar-refractivity contribution in [2.24, 2.45) is 0 Å². The number of rotatable bonds is 4. The summed E-state index contributed by atoms with van der Waals surface area (Å²) in [6.07, 6.45) is 2.63. The van der Waals surface area contributed by atoms with E-state index in [1.807, 2.05) is 6.08 Å². The number of aliphatic hydroxyl groups is 1. The summed E-state index contributed by atoms with van der Waals surface area (Å²) >= 11 is 0. The first-order valence-corrected chi connectivity index (χ1v) is 9.17. The normalized spacial score (nSPS) is 16.7. The lowest BCUT2D eigenvalue weighted by atomic mass is 9.84. The Morgan fingerprint density at radius 2 is 1.79 bits per heavy atom. The maximum atomic E-state index is 13.9. The lowest BCUT2D eigenvalue weighted by Gasteiger charge is -2.32. The quantitative estimate of drug-likeness (QED) is 0.579. The van der Waals surface area contributed by atoms with Crippen LogP contribution in [-0.4, -0.2) is 21.1 Å². The molecule has 1 atom stereocenters. The molecule has 1 unspecified atom stereocenters. The average Bonchev–Trinajstić information content (AvgIpc) is 3.12. The van der Waals surface area contributed by atoms with E-state index in [0.717, 1.165) is 6.42 Å². The molecule has 4 rings (SSSR count). The van der Waals surface area contributed by atoms with Crippen LogP contribution < -0.4 is 0 Å². The van der Waals surface area contributed by atoms with Gasteiger partial charge >= 0.3 is 6.18 Å². The summed E-state index contributed by atoms with van der Waals surface area (Å²) in [5.74, 6) is -0.395. The zero-order chi connectivity index (χ0) is 20.6. The molecule has 1 N–H and O–H groups in total. The molecule has 3 nitrogen and oxygen atoms in total. The number of alkyl halides is 3. The van der Waals surface area contributed by atoms with Crippen molar-refractivity contribution in [3.05, 3.63) is 83.8 Å². The highest BCUT2D eigenvalue weighted by Crippen LogP contribution is 2.44. The molecule has 0 fully saturated rings. The number of allylic oxidation sites excluding steroid dienone is 3. The lowest BCUT2D eigenvalue weighted by Crippen LogP contribution is -2.42. The molecule has 0 saturated carbocycles. The third kappa shape index (κ3) is 3.58. The van der Waals surface area contributed by atoms with Crippen molar-refractivity contribution in [1.82, 2.24) is 9.78 Å². The van der Waals surface area contributed by atoms with Crippen molar-refractivity contribution >= 4 is 10.9 Å². The number of benzene rings is 2. The second-order valence-corrected chi connectivity index (χ2v) is 7.10. The Morgan fingerprint density at radius 3 is 2.45 bits per heavy atom. The van der Waals surface area contributed by atoms with Gasteiger partial charge in [-0.25, -0.2) is 9.07 Å². The van der Waals surface area contributed by atoms with Gasteiger partial charge in [-0.2, -0.15) is 18.3 Å². The van der Waals surface area contributed by atoms with E-state index in [9.17, 15) is 22.7 Å². The zero-order valence-electron chi connectivity index (χ0n) is 15.3. The van der Waals surface area contributed by atoms with E-state index in [2.05, 4.69) is 5.10 Å². The molecular formula is C22H18F4N2O. The van der Waals surface area contributed by atoms with Gasteiger partial charge in [0.25, 0.3) is 0 Å². The summed E-state index contributed by atoms with van der Waals surface area (Å²) < 4.78 is 56.4. The van der Waals surface area contributed by atoms with Gasteiger partial charge in [0.05, 0.1) is 17.4 Å². The molecule has 0 amide bonds. The smallest absolute Gasteiger partial charge is 0.376 e. The number of nitrogens with zero attached hydrogens (tertiary/aromatic N) is 2. The van der Waals surface area contributed by atoms with Crippen molar-refractivity contribution in [1.29, 1.82) is 0 Å². The standard InChI is InChI=1S/C22H18F4N2O/c23-18-7-9-19(10-8-18)28-20-11-6-17(12-16(20)14-27-28)21(29,22(24,25)26)13-15-4-2-1-3-5-15/h2,4-12,14,29H,1,3,13H2. The Kier molecular flexibility index (Phi) is 4.78. The molecule has 1 heterocycles. The van der Waals surface area contributed by atoms with Gasteiger partial charge in [0.2, 0.25) is 0 Å². The van der Waals surface area contributed by atoms with Crippen LogP contribution in [0.2, 0.25) is 0 Å². The molecule has 1 aliphatic rings. The first-order chi connectivity index (χ1) is 13.8. The molecule has 0 spiro atoms. The Labute approximate surface area is 164 Å². The number of hydrogen-bond acceptors (Lipinski definition) is 2. The van der Waals surface area contributed by atoms with Crippen molar-refractivity contribution in [2.75, 3.05) is 0 Å². The highest BCUT2D eigenvalue weighted by atomic mass is 19.4. The van der Waals surface area contributed by atoms with Crippen LogP contribution in [0.15, 0.2) is 72.5 Å². The fourth-order valence-corrected chi connectivity index (χ4v) is 3.54. The van der Waals surface area contributed by atoms with E-state index in [1.54, 1.807) is 12.2 Å². The first-order valence-electron chi connectivity index (χ1n) is 9.17. The van der Waals surface area contributed by atoms with E-state index in [-0.39, 0.29) is 5.56 Å². The molecule has 3 aromatic rings. The van der Waals surface area contributed by atoms with Crippen molar-refractivity contribution in [3.8, 4) is 5.69 Å². The van der Waals surface area contributed by atoms with Crippen molar-refractivity contribution in [2.45, 2.75) is 31.0 Å². The van der Waals surface area contributed by atoms with Gasteiger partial charge in [-0.15, -0.1) is 0 Å². The summed E-state index contributed by atoms with van der Waals surface area (Å²) in [7, 11) is 0. The van der Waals surface area contributed by atoms with E-state index in [0.29, 0.717) is 28.6 Å². The molecule has 0 aliphatic heterocycles. The van der Waals surface area contributed by atoms with Gasteiger partial charge in [0.15, 0.2) is 5.60 Å². The Hall–Kier alpha value is -2.93. The predicted molar refractivity (Wildman–Crippen MR) is 102 cm³/mol. The van der Waals surface area contributed by atoms with E-state index in [4.69, 9.17) is 0 Å². The predicted octanol–water partition coefficient (Wildman–Crippen LogP) is 5.58. The number of hydrogen-bond donors (Lipinski definition) is 1. The summed E-state index contributed by atoms with van der Waals surface area (Å²) in [6.45, 7) is 0. The second kappa shape index (κ2) is 7.15. The van der Waals surface area contributed by atoms with Crippen LogP contribution in [0.4, 0.5) is 17.6 Å². The largest absolute Gasteiger partial charge is 0.421 e. The third-order valence-electron chi connectivity index (χ3n) is 5.12. The van der Waals surface area contributed by atoms with Crippen LogP contribution in [0.5, 0.6) is 0 Å². The topological polar surface area (TPSA) is 38.1 Å². The molecule has 0 radical (unpaired) electrons. The summed E-state index contributed by atoms with van der Waals surface area (Å²) in [5.41, 5.74) is -1.65. The van der Waals surface area contributed by atoms with Gasteiger partial charge < -0.3 is 5.11 Å². The fourth-order valence-electron chi connectivity index (χ4n) is 3.54. The zero-order valence-corrected chi connectivity index (χ0v) is 15.3. The Balaban J connectivity index is 1.76. The van der Waals surface area contributed by atoms with Crippen LogP contribution in [-0.2, 0) is 5.60 Å². The van der Waals surface area contributed by atoms with Crippen LogP contribution in [0.1, 0.15) is 24.8 Å². The summed E-state index contributed by atoms with van der Waals surface area (Å²) in [4.78, 5) is 0. The van der Waals surface area contributed by atoms with Gasteiger partial charge in [-0.1, -0.05) is 24.3 Å². The van der Waals surface area contributed by atoms with Crippen LogP contribution in [0, 0.1) is 5.82 Å². The van der Waals surface area contributed by atoms with Gasteiger partial charge in [-0.05, 0) is 60.4 Å². The molecular weight excluding hydrogens is 384 g/mol. The lowest BCUT2D eigenvalue weighted by molar-refractivity contribution is -0.266. The molecule has 1 aliphatic carbocycles. The van der Waals surface area contributed by atoms with Gasteiger partial charge in [0, 0.05) is 11.8 Å². The molecule has 29 heavy (non-hydrogen) atoms. The maximum absolute atomic E-state index is 13.9. The minimum absolute atomic E-state index is 0.240. The first kappa shape index (κ1) is 19.4. The molecule has 0 bridgehead atoms. The van der Waals surface area contributed by atoms with Crippen molar-refractivity contribution in [3.63, 3.8) is 0 Å². The Morgan fingerprint density at radius 1 is 1.03 bits per heavy atom. The molecule has 7 heteroatoms. The fraction of sp³-hybridized carbons (Fsp3) is 0.227. The third-order valence-corrected chi connectivity index (χ3v) is 5.12. The Bertz CT molecular complexity index is 1100. The average molecular weight is 402 g/mol. The molecule has 150 valence electrons. The second-order valence-electron chi connectivity index (χ2n) is 7.10. The molecule has 2 aromatic carbocycles. The minimum atomic E-state index is -4.85. The number of fused-ring (bicyclic) bond motifs is 1. The minimum Gasteiger partial charge on any atom is -0.376 e. The number of aromatic nitrogens is 2. The highest BCUT2D eigenvalue weighted by Gasteiger charge is 2.55. The van der Waals surface area contributed by atoms with E-state index in [1.165, 1.54) is 53.3 Å². The van der Waals surface area contributed by atoms with Crippen LogP contribution in [0.3, 0.4) is 0 Å². The monoisotopic (exact) mass is 402 g/mol. The van der Waals surface area contributed by atoms with Crippen LogP contribution in [0.25, 0.3) is 16.6 Å². The van der Waals surface area contributed by atoms with Gasteiger partial charge in [0.1, 0.15) is 5.82 Å². The number of halogens is 4. The molecule has 0 saturated heterocycles. The van der Waals surface area contributed by atoms with E-state index < -0.39 is 24.0 Å². The summed E-state index contributed by atoms with van der Waals surface area (Å²) in [6, 6.07) is 9.69. The highest BCUT2D eigenvalue weighted by molar-refractivity contribution is 5.81. The SMILES string of the molecule is OC(CC1=CCCC=C1)(c1ccc2c(cnn2-c2ccc(F)cc2)c1)C(F)(F)F. The van der Waals surface area contributed by atoms with Crippen molar-refractivity contribution < 1.29 is 22.7 Å². The molecule has 1 aromatic heterocycles. The van der Waals surface area contributed by atoms with E-state index >= 15 is 0 Å². The van der Waals surface area contributed by atoms with Crippen LogP contribution >= 0.6 is 0 Å².